The second-order valence-electron chi connectivity index (χ2n) is 5.28. The molecule has 0 spiro atoms. The highest BCUT2D eigenvalue weighted by atomic mass is 35.5. The van der Waals surface area contributed by atoms with Crippen LogP contribution in [-0.4, -0.2) is 31.6 Å². The van der Waals surface area contributed by atoms with Gasteiger partial charge in [0.1, 0.15) is 5.75 Å². The van der Waals surface area contributed by atoms with E-state index in [-0.39, 0.29) is 12.4 Å². The number of methoxy groups -OCH3 is 1. The van der Waals surface area contributed by atoms with Crippen LogP contribution in [0.5, 0.6) is 5.75 Å². The fourth-order valence-corrected chi connectivity index (χ4v) is 3.07. The summed E-state index contributed by atoms with van der Waals surface area (Å²) in [4.78, 5) is 2.48. The smallest absolute Gasteiger partial charge is 0.123 e. The van der Waals surface area contributed by atoms with E-state index in [4.69, 9.17) is 22.1 Å². The second-order valence-corrected chi connectivity index (χ2v) is 5.71. The molecule has 20 heavy (non-hydrogen) atoms. The third-order valence-corrected chi connectivity index (χ3v) is 4.05. The molecule has 1 aromatic carbocycles. The summed E-state index contributed by atoms with van der Waals surface area (Å²) >= 11 is 6.08. The van der Waals surface area contributed by atoms with Crippen molar-refractivity contribution in [1.29, 1.82) is 0 Å². The molecule has 1 saturated heterocycles. The van der Waals surface area contributed by atoms with Crippen LogP contribution in [0.1, 0.15) is 24.8 Å². The van der Waals surface area contributed by atoms with Gasteiger partial charge in [-0.2, -0.15) is 0 Å². The van der Waals surface area contributed by atoms with Crippen LogP contribution in [0.2, 0.25) is 5.02 Å². The van der Waals surface area contributed by atoms with Crippen molar-refractivity contribution >= 4 is 24.0 Å². The van der Waals surface area contributed by atoms with Gasteiger partial charge in [0.2, 0.25) is 0 Å². The molecule has 0 radical (unpaired) electrons. The molecule has 2 rings (SSSR count). The van der Waals surface area contributed by atoms with E-state index in [1.807, 2.05) is 18.2 Å². The minimum Gasteiger partial charge on any atom is -0.496 e. The predicted molar refractivity (Wildman–Crippen MR) is 86.9 cm³/mol. The zero-order chi connectivity index (χ0) is 13.7. The van der Waals surface area contributed by atoms with E-state index in [0.29, 0.717) is 0 Å². The maximum absolute atomic E-state index is 6.08. The molecular formula is C15H24Cl2N2O. The first-order valence-corrected chi connectivity index (χ1v) is 7.35. The van der Waals surface area contributed by atoms with Gasteiger partial charge in [-0.3, -0.25) is 4.90 Å². The molecule has 1 fully saturated rings. The molecule has 1 aromatic rings. The fraction of sp³-hybridized carbons (Fsp3) is 0.600. The first kappa shape index (κ1) is 17.6. The van der Waals surface area contributed by atoms with Gasteiger partial charge in [0, 0.05) is 23.7 Å². The van der Waals surface area contributed by atoms with Gasteiger partial charge in [0.05, 0.1) is 7.11 Å². The summed E-state index contributed by atoms with van der Waals surface area (Å²) in [5, 5.41) is 0.770. The molecule has 5 heteroatoms. The van der Waals surface area contributed by atoms with Gasteiger partial charge in [0.15, 0.2) is 0 Å². The van der Waals surface area contributed by atoms with Gasteiger partial charge in [-0.1, -0.05) is 11.6 Å². The molecule has 2 N–H and O–H groups in total. The van der Waals surface area contributed by atoms with Gasteiger partial charge in [-0.15, -0.1) is 12.4 Å². The lowest BCUT2D eigenvalue weighted by Crippen LogP contribution is -2.35. The topological polar surface area (TPSA) is 38.5 Å². The van der Waals surface area contributed by atoms with Crippen molar-refractivity contribution in [2.24, 2.45) is 11.7 Å². The van der Waals surface area contributed by atoms with Crippen LogP contribution in [0.4, 0.5) is 0 Å². The number of nitrogens with two attached hydrogens (primary N) is 1. The Labute approximate surface area is 132 Å². The summed E-state index contributed by atoms with van der Waals surface area (Å²) in [6.45, 7) is 3.98. The molecule has 114 valence electrons. The molecule has 0 amide bonds. The molecule has 1 heterocycles. The standard InChI is InChI=1S/C15H23ClN2O.ClH/c1-19-15-5-4-14(16)9-13(15)11-18-8-2-3-12(10-18)6-7-17;/h4-5,9,12H,2-3,6-8,10-11,17H2,1H3;1H. The third kappa shape index (κ3) is 4.81. The van der Waals surface area contributed by atoms with E-state index in [2.05, 4.69) is 4.90 Å². The number of rotatable bonds is 5. The quantitative estimate of drug-likeness (QED) is 0.905. The number of hydrogen-bond donors (Lipinski definition) is 1. The van der Waals surface area contributed by atoms with Crippen molar-refractivity contribution in [3.8, 4) is 5.75 Å². The summed E-state index contributed by atoms with van der Waals surface area (Å²) in [6.07, 6.45) is 3.69. The average Bonchev–Trinajstić information content (AvgIpc) is 2.40. The predicted octanol–water partition coefficient (Wildman–Crippen LogP) is 3.33. The second kappa shape index (κ2) is 8.73. The zero-order valence-electron chi connectivity index (χ0n) is 12.0. The highest BCUT2D eigenvalue weighted by molar-refractivity contribution is 6.30. The SMILES string of the molecule is COc1ccc(Cl)cc1CN1CCCC(CCN)C1.Cl. The Bertz CT molecular complexity index is 413. The molecule has 1 aliphatic rings. The molecular weight excluding hydrogens is 295 g/mol. The van der Waals surface area contributed by atoms with Crippen LogP contribution in [0, 0.1) is 5.92 Å². The minimum absolute atomic E-state index is 0. The number of halogens is 2. The zero-order valence-corrected chi connectivity index (χ0v) is 13.6. The Hall–Kier alpha value is -0.480. The van der Waals surface area contributed by atoms with E-state index in [1.54, 1.807) is 7.11 Å². The Morgan fingerprint density at radius 3 is 2.95 bits per heavy atom. The van der Waals surface area contributed by atoms with Crippen molar-refractivity contribution in [3.05, 3.63) is 28.8 Å². The molecule has 0 saturated carbocycles. The highest BCUT2D eigenvalue weighted by Gasteiger charge is 2.20. The normalized spacial score (nSPS) is 19.4. The van der Waals surface area contributed by atoms with E-state index in [9.17, 15) is 0 Å². The van der Waals surface area contributed by atoms with Crippen molar-refractivity contribution in [2.75, 3.05) is 26.7 Å². The highest BCUT2D eigenvalue weighted by Crippen LogP contribution is 2.26. The van der Waals surface area contributed by atoms with Gasteiger partial charge in [-0.25, -0.2) is 0 Å². The van der Waals surface area contributed by atoms with Crippen molar-refractivity contribution < 1.29 is 4.74 Å². The van der Waals surface area contributed by atoms with E-state index >= 15 is 0 Å². The number of benzene rings is 1. The van der Waals surface area contributed by atoms with Crippen molar-refractivity contribution in [3.63, 3.8) is 0 Å². The lowest BCUT2D eigenvalue weighted by atomic mass is 9.94. The van der Waals surface area contributed by atoms with Crippen LogP contribution in [0.3, 0.4) is 0 Å². The van der Waals surface area contributed by atoms with E-state index < -0.39 is 0 Å². The third-order valence-electron chi connectivity index (χ3n) is 3.81. The molecule has 0 aromatic heterocycles. The first-order chi connectivity index (χ1) is 9.22. The summed E-state index contributed by atoms with van der Waals surface area (Å²) < 4.78 is 5.41. The van der Waals surface area contributed by atoms with E-state index in [1.165, 1.54) is 18.4 Å². The minimum atomic E-state index is 0. The Balaban J connectivity index is 0.00000200. The maximum Gasteiger partial charge on any atom is 0.123 e. The van der Waals surface area contributed by atoms with Crippen LogP contribution in [0.15, 0.2) is 18.2 Å². The number of nitrogens with zero attached hydrogens (tertiary/aromatic N) is 1. The van der Waals surface area contributed by atoms with Gasteiger partial charge < -0.3 is 10.5 Å². The van der Waals surface area contributed by atoms with Crippen LogP contribution >= 0.6 is 24.0 Å². The van der Waals surface area contributed by atoms with E-state index in [0.717, 1.165) is 49.3 Å². The molecule has 3 nitrogen and oxygen atoms in total. The lowest BCUT2D eigenvalue weighted by Gasteiger charge is -2.33. The van der Waals surface area contributed by atoms with Crippen LogP contribution < -0.4 is 10.5 Å². The van der Waals surface area contributed by atoms with Crippen molar-refractivity contribution in [1.82, 2.24) is 4.90 Å². The summed E-state index contributed by atoms with van der Waals surface area (Å²) in [7, 11) is 1.71. The number of ether oxygens (including phenoxy) is 1. The Morgan fingerprint density at radius 1 is 1.45 bits per heavy atom. The number of piperidine rings is 1. The van der Waals surface area contributed by atoms with Gasteiger partial charge in [-0.05, 0) is 56.5 Å². The largest absolute Gasteiger partial charge is 0.496 e. The summed E-state index contributed by atoms with van der Waals surface area (Å²) in [6, 6.07) is 5.82. The summed E-state index contributed by atoms with van der Waals surface area (Å²) in [5.41, 5.74) is 6.84. The van der Waals surface area contributed by atoms with Gasteiger partial charge >= 0.3 is 0 Å². The number of likely N-dealkylation sites (tertiary alicyclic amines) is 1. The monoisotopic (exact) mass is 318 g/mol. The average molecular weight is 319 g/mol. The van der Waals surface area contributed by atoms with Crippen molar-refractivity contribution in [2.45, 2.75) is 25.8 Å². The first-order valence-electron chi connectivity index (χ1n) is 6.97. The molecule has 0 aliphatic carbocycles. The Morgan fingerprint density at radius 2 is 2.25 bits per heavy atom. The molecule has 1 unspecified atom stereocenters. The van der Waals surface area contributed by atoms with Gasteiger partial charge in [0.25, 0.3) is 0 Å². The Kier molecular flexibility index (Phi) is 7.67. The summed E-state index contributed by atoms with van der Waals surface area (Å²) in [5.74, 6) is 1.66. The molecule has 1 atom stereocenters. The van der Waals surface area contributed by atoms with Crippen LogP contribution in [-0.2, 0) is 6.54 Å². The number of hydrogen-bond acceptors (Lipinski definition) is 3. The molecule has 0 bridgehead atoms. The fourth-order valence-electron chi connectivity index (χ4n) is 2.88. The lowest BCUT2D eigenvalue weighted by molar-refractivity contribution is 0.161. The molecule has 1 aliphatic heterocycles. The maximum atomic E-state index is 6.08. The van der Waals surface area contributed by atoms with Crippen LogP contribution in [0.25, 0.3) is 0 Å².